The molecule has 1 nitrogen and oxygen atoms in total. The Hall–Kier alpha value is -1.18. The molecule has 0 spiro atoms. The fourth-order valence-electron chi connectivity index (χ4n) is 1.59. The number of hydrogen-bond donors (Lipinski definition) is 1. The molecule has 1 aromatic carbocycles. The Morgan fingerprint density at radius 2 is 1.94 bits per heavy atom. The molecule has 0 bridgehead atoms. The first kappa shape index (κ1) is 12.9. The predicted octanol–water partition coefficient (Wildman–Crippen LogP) is 3.64. The van der Waals surface area contributed by atoms with E-state index in [9.17, 15) is 0 Å². The molecule has 0 saturated heterocycles. The van der Waals surface area contributed by atoms with E-state index in [4.69, 9.17) is 0 Å². The van der Waals surface area contributed by atoms with Crippen molar-refractivity contribution in [2.75, 3.05) is 5.23 Å². The smallest absolute Gasteiger partial charge is 0.229 e. The van der Waals surface area contributed by atoms with Crippen LogP contribution in [0.3, 0.4) is 0 Å². The Labute approximate surface area is 100 Å². The van der Waals surface area contributed by atoms with E-state index in [1.807, 2.05) is 0 Å². The van der Waals surface area contributed by atoms with Gasteiger partial charge < -0.3 is 5.23 Å². The highest BCUT2D eigenvalue weighted by molar-refractivity contribution is 6.38. The first-order chi connectivity index (χ1) is 7.63. The van der Waals surface area contributed by atoms with Crippen LogP contribution in [0.1, 0.15) is 25.8 Å². The summed E-state index contributed by atoms with van der Waals surface area (Å²) in [6.45, 7) is 10.6. The highest BCUT2D eigenvalue weighted by atomic mass is 14.7. The lowest BCUT2D eigenvalue weighted by Gasteiger charge is -2.09. The van der Waals surface area contributed by atoms with Crippen molar-refractivity contribution < 1.29 is 0 Å². The van der Waals surface area contributed by atoms with Gasteiger partial charge in [-0.05, 0) is 36.5 Å². The van der Waals surface area contributed by atoms with Crippen LogP contribution >= 0.6 is 0 Å². The maximum absolute atomic E-state index is 4.10. The Kier molecular flexibility index (Phi) is 5.17. The van der Waals surface area contributed by atoms with E-state index in [1.54, 1.807) is 0 Å². The number of aryl methyl sites for hydroxylation is 1. The minimum absolute atomic E-state index is 0.598. The summed E-state index contributed by atoms with van der Waals surface area (Å²) in [4.78, 5) is 0. The standard InChI is InChI=1S/C14H22BN/c1-11(2)12(3)5-6-13-7-9-14(10-8-13)16-15-4/h7-11,15-16H,3,5-6H2,1-2,4H3. The van der Waals surface area contributed by atoms with E-state index < -0.39 is 0 Å². The zero-order chi connectivity index (χ0) is 12.0. The van der Waals surface area contributed by atoms with Crippen molar-refractivity contribution in [3.05, 3.63) is 42.0 Å². The maximum Gasteiger partial charge on any atom is 0.229 e. The monoisotopic (exact) mass is 215 g/mol. The van der Waals surface area contributed by atoms with Gasteiger partial charge in [0.05, 0.1) is 0 Å². The molecule has 0 fully saturated rings. The summed E-state index contributed by atoms with van der Waals surface area (Å²) in [6.07, 6.45) is 2.20. The summed E-state index contributed by atoms with van der Waals surface area (Å²) in [5, 5.41) is 3.30. The van der Waals surface area contributed by atoms with Crippen molar-refractivity contribution >= 4 is 13.1 Å². The Bertz CT molecular complexity index is 327. The molecule has 0 atom stereocenters. The maximum atomic E-state index is 4.10. The average Bonchev–Trinajstić information content (AvgIpc) is 2.28. The van der Waals surface area contributed by atoms with Crippen LogP contribution in [-0.4, -0.2) is 7.41 Å². The molecule has 0 aliphatic carbocycles. The van der Waals surface area contributed by atoms with Crippen molar-refractivity contribution in [2.24, 2.45) is 5.92 Å². The zero-order valence-electron chi connectivity index (χ0n) is 10.7. The molecular formula is C14H22BN. The van der Waals surface area contributed by atoms with Gasteiger partial charge in [-0.3, -0.25) is 0 Å². The van der Waals surface area contributed by atoms with Gasteiger partial charge in [0.15, 0.2) is 0 Å². The molecule has 0 unspecified atom stereocenters. The quantitative estimate of drug-likeness (QED) is 0.564. The SMILES string of the molecule is C=C(CCc1ccc(NBC)cc1)C(C)C. The number of hydrogen-bond acceptors (Lipinski definition) is 1. The third-order valence-corrected chi connectivity index (χ3v) is 2.89. The van der Waals surface area contributed by atoms with Gasteiger partial charge in [-0.25, -0.2) is 0 Å². The zero-order valence-corrected chi connectivity index (χ0v) is 10.7. The van der Waals surface area contributed by atoms with Gasteiger partial charge in [0.2, 0.25) is 7.41 Å². The van der Waals surface area contributed by atoms with Crippen LogP contribution in [0.15, 0.2) is 36.4 Å². The minimum atomic E-state index is 0.598. The van der Waals surface area contributed by atoms with E-state index >= 15 is 0 Å². The molecule has 0 saturated carbocycles. The van der Waals surface area contributed by atoms with Crippen molar-refractivity contribution in [1.82, 2.24) is 0 Å². The normalized spacial score (nSPS) is 10.2. The van der Waals surface area contributed by atoms with E-state index in [0.717, 1.165) is 20.3 Å². The van der Waals surface area contributed by atoms with Gasteiger partial charge in [0, 0.05) is 5.69 Å². The van der Waals surface area contributed by atoms with Crippen molar-refractivity contribution in [1.29, 1.82) is 0 Å². The number of anilines is 1. The van der Waals surface area contributed by atoms with E-state index in [-0.39, 0.29) is 0 Å². The van der Waals surface area contributed by atoms with E-state index in [0.29, 0.717) is 5.92 Å². The molecule has 1 N–H and O–H groups in total. The second-order valence-corrected chi connectivity index (χ2v) is 4.54. The molecular weight excluding hydrogens is 193 g/mol. The van der Waals surface area contributed by atoms with Gasteiger partial charge in [-0.2, -0.15) is 0 Å². The Morgan fingerprint density at radius 3 is 2.44 bits per heavy atom. The molecule has 0 heterocycles. The third kappa shape index (κ3) is 4.14. The molecule has 0 aliphatic heterocycles. The summed E-state index contributed by atoms with van der Waals surface area (Å²) in [5.74, 6) is 0.598. The molecule has 0 aromatic heterocycles. The largest absolute Gasteiger partial charge is 0.431 e. The third-order valence-electron chi connectivity index (χ3n) is 2.89. The molecule has 0 amide bonds. The lowest BCUT2D eigenvalue weighted by Crippen LogP contribution is -2.00. The van der Waals surface area contributed by atoms with Gasteiger partial charge in [0.25, 0.3) is 0 Å². The molecule has 1 aromatic rings. The fourth-order valence-corrected chi connectivity index (χ4v) is 1.59. The van der Waals surface area contributed by atoms with Crippen molar-refractivity contribution in [3.63, 3.8) is 0 Å². The summed E-state index contributed by atoms with van der Waals surface area (Å²) >= 11 is 0. The molecule has 86 valence electrons. The van der Waals surface area contributed by atoms with Crippen LogP contribution < -0.4 is 5.23 Å². The van der Waals surface area contributed by atoms with Crippen molar-refractivity contribution in [2.45, 2.75) is 33.5 Å². The summed E-state index contributed by atoms with van der Waals surface area (Å²) < 4.78 is 0. The van der Waals surface area contributed by atoms with E-state index in [1.165, 1.54) is 16.8 Å². The lowest BCUT2D eigenvalue weighted by atomic mass is 9.96. The molecule has 0 aliphatic rings. The molecule has 1 rings (SSSR count). The second-order valence-electron chi connectivity index (χ2n) is 4.54. The van der Waals surface area contributed by atoms with E-state index in [2.05, 4.69) is 56.7 Å². The van der Waals surface area contributed by atoms with Crippen LogP contribution in [0.4, 0.5) is 5.69 Å². The number of allylic oxidation sites excluding steroid dienone is 1. The predicted molar refractivity (Wildman–Crippen MR) is 75.4 cm³/mol. The van der Waals surface area contributed by atoms with Gasteiger partial charge in [-0.15, -0.1) is 0 Å². The second kappa shape index (κ2) is 6.42. The Morgan fingerprint density at radius 1 is 1.31 bits per heavy atom. The lowest BCUT2D eigenvalue weighted by molar-refractivity contribution is 0.713. The molecule has 0 radical (unpaired) electrons. The number of nitrogens with one attached hydrogen (secondary N) is 1. The van der Waals surface area contributed by atoms with Crippen molar-refractivity contribution in [3.8, 4) is 0 Å². The van der Waals surface area contributed by atoms with Gasteiger partial charge >= 0.3 is 0 Å². The molecule has 2 heteroatoms. The van der Waals surface area contributed by atoms with Gasteiger partial charge in [-0.1, -0.05) is 45.0 Å². The van der Waals surface area contributed by atoms with Crippen LogP contribution in [0.25, 0.3) is 0 Å². The highest BCUT2D eigenvalue weighted by Crippen LogP contribution is 2.16. The summed E-state index contributed by atoms with van der Waals surface area (Å²) in [7, 11) is 0.976. The first-order valence-electron chi connectivity index (χ1n) is 6.14. The first-order valence-corrected chi connectivity index (χ1v) is 6.14. The Balaban J connectivity index is 2.46. The fraction of sp³-hybridized carbons (Fsp3) is 0.429. The number of benzene rings is 1. The number of rotatable bonds is 6. The van der Waals surface area contributed by atoms with Crippen LogP contribution in [0, 0.1) is 5.92 Å². The highest BCUT2D eigenvalue weighted by Gasteiger charge is 2.01. The van der Waals surface area contributed by atoms with Crippen LogP contribution in [0.5, 0.6) is 0 Å². The van der Waals surface area contributed by atoms with Crippen LogP contribution in [0.2, 0.25) is 6.82 Å². The van der Waals surface area contributed by atoms with Gasteiger partial charge in [0.1, 0.15) is 0 Å². The topological polar surface area (TPSA) is 12.0 Å². The summed E-state index contributed by atoms with van der Waals surface area (Å²) in [5.41, 5.74) is 3.94. The minimum Gasteiger partial charge on any atom is -0.431 e. The molecule has 16 heavy (non-hydrogen) atoms. The van der Waals surface area contributed by atoms with Crippen LogP contribution in [-0.2, 0) is 6.42 Å². The average molecular weight is 215 g/mol. The summed E-state index contributed by atoms with van der Waals surface area (Å²) in [6, 6.07) is 8.70.